The standard InChI is InChI=1S/C32H44N4O6S/c1-2-3-4-5-6-7-21-34-32(39)35-26-12-18-31(19-13-26)43(40,41)36-27-10-8-25(9-11-27)20-22-33-23-29(38)24-42-30-16-14-28(37)15-17-30/h8-19,29,33,36-38H,2-7,20-24H2,1H3,(H2,34,35,39)/t29-/m0/s1. The van der Waals surface area contributed by atoms with Gasteiger partial charge in [0.2, 0.25) is 0 Å². The molecule has 0 bridgehead atoms. The van der Waals surface area contributed by atoms with E-state index >= 15 is 0 Å². The van der Waals surface area contributed by atoms with Crippen LogP contribution in [0.15, 0.2) is 77.7 Å². The van der Waals surface area contributed by atoms with Gasteiger partial charge in [-0.05, 0) is 85.6 Å². The second kappa shape index (κ2) is 18.0. The van der Waals surface area contributed by atoms with Gasteiger partial charge in [0.15, 0.2) is 0 Å². The summed E-state index contributed by atoms with van der Waals surface area (Å²) in [7, 11) is -3.80. The Morgan fingerprint density at radius 1 is 0.837 bits per heavy atom. The van der Waals surface area contributed by atoms with E-state index in [1.165, 1.54) is 49.9 Å². The van der Waals surface area contributed by atoms with Gasteiger partial charge in [-0.1, -0.05) is 51.2 Å². The normalized spacial score (nSPS) is 12.0. The Morgan fingerprint density at radius 3 is 2.19 bits per heavy atom. The lowest BCUT2D eigenvalue weighted by Gasteiger charge is -2.13. The SMILES string of the molecule is CCCCCCCCNC(=O)Nc1ccc(S(=O)(=O)Nc2ccc(CCNC[C@H](O)COc3ccc(O)cc3)cc2)cc1. The second-order valence-corrected chi connectivity index (χ2v) is 12.1. The molecule has 3 aromatic carbocycles. The molecular formula is C32H44N4O6S. The van der Waals surface area contributed by atoms with Crippen molar-refractivity contribution in [2.75, 3.05) is 36.3 Å². The number of phenolic OH excluding ortho intramolecular Hbond substituents is 1. The fraction of sp³-hybridized carbons (Fsp3) is 0.406. The minimum atomic E-state index is -3.80. The summed E-state index contributed by atoms with van der Waals surface area (Å²) in [6, 6.07) is 19.1. The number of aliphatic hydroxyl groups is 1. The fourth-order valence-corrected chi connectivity index (χ4v) is 5.31. The number of phenols is 1. The predicted octanol–water partition coefficient (Wildman–Crippen LogP) is 5.25. The first kappa shape index (κ1) is 33.7. The fourth-order valence-electron chi connectivity index (χ4n) is 4.25. The highest BCUT2D eigenvalue weighted by Gasteiger charge is 2.14. The summed E-state index contributed by atoms with van der Waals surface area (Å²) in [5.41, 5.74) is 1.96. The van der Waals surface area contributed by atoms with Gasteiger partial charge in [0.05, 0.1) is 4.90 Å². The largest absolute Gasteiger partial charge is 0.508 e. The van der Waals surface area contributed by atoms with Crippen molar-refractivity contribution in [2.24, 2.45) is 0 Å². The van der Waals surface area contributed by atoms with Crippen molar-refractivity contribution >= 4 is 27.4 Å². The van der Waals surface area contributed by atoms with Gasteiger partial charge in [0, 0.05) is 24.5 Å². The van der Waals surface area contributed by atoms with Crippen LogP contribution in [0.3, 0.4) is 0 Å². The molecular weight excluding hydrogens is 568 g/mol. The average Bonchev–Trinajstić information content (AvgIpc) is 2.99. The summed E-state index contributed by atoms with van der Waals surface area (Å²) >= 11 is 0. The van der Waals surface area contributed by atoms with E-state index in [-0.39, 0.29) is 23.3 Å². The number of rotatable bonds is 19. The molecule has 234 valence electrons. The number of carbonyl (C=O) groups is 1. The molecule has 0 aliphatic heterocycles. The summed E-state index contributed by atoms with van der Waals surface area (Å²) < 4.78 is 33.8. The number of hydrogen-bond acceptors (Lipinski definition) is 7. The van der Waals surface area contributed by atoms with Gasteiger partial charge in [0.1, 0.15) is 24.2 Å². The molecule has 0 unspecified atom stereocenters. The number of urea groups is 1. The smallest absolute Gasteiger partial charge is 0.319 e. The monoisotopic (exact) mass is 612 g/mol. The molecule has 0 saturated heterocycles. The van der Waals surface area contributed by atoms with Crippen molar-refractivity contribution in [2.45, 2.75) is 62.9 Å². The zero-order valence-corrected chi connectivity index (χ0v) is 25.5. The molecule has 0 aliphatic rings. The van der Waals surface area contributed by atoms with Gasteiger partial charge in [0.25, 0.3) is 10.0 Å². The van der Waals surface area contributed by atoms with Gasteiger partial charge in [-0.15, -0.1) is 0 Å². The van der Waals surface area contributed by atoms with E-state index in [1.54, 1.807) is 36.4 Å². The Labute approximate surface area is 254 Å². The second-order valence-electron chi connectivity index (χ2n) is 10.4. The highest BCUT2D eigenvalue weighted by Crippen LogP contribution is 2.19. The van der Waals surface area contributed by atoms with Crippen LogP contribution in [0.2, 0.25) is 0 Å². The van der Waals surface area contributed by atoms with Gasteiger partial charge < -0.3 is 30.9 Å². The Hall–Kier alpha value is -3.80. The van der Waals surface area contributed by atoms with Crippen LogP contribution in [-0.4, -0.2) is 57.0 Å². The predicted molar refractivity (Wildman–Crippen MR) is 170 cm³/mol. The molecule has 0 aliphatic carbocycles. The molecule has 0 aromatic heterocycles. The molecule has 11 heteroatoms. The van der Waals surface area contributed by atoms with E-state index in [2.05, 4.69) is 27.6 Å². The third kappa shape index (κ3) is 12.9. The molecule has 0 fully saturated rings. The van der Waals surface area contributed by atoms with Gasteiger partial charge in [-0.3, -0.25) is 4.72 Å². The van der Waals surface area contributed by atoms with E-state index in [9.17, 15) is 23.4 Å². The van der Waals surface area contributed by atoms with E-state index in [0.29, 0.717) is 43.2 Å². The number of aromatic hydroxyl groups is 1. The molecule has 3 rings (SSSR count). The Bertz CT molecular complexity index is 1330. The van der Waals surface area contributed by atoms with Crippen molar-refractivity contribution in [3.63, 3.8) is 0 Å². The highest BCUT2D eigenvalue weighted by molar-refractivity contribution is 7.92. The van der Waals surface area contributed by atoms with Crippen molar-refractivity contribution in [1.82, 2.24) is 10.6 Å². The topological polar surface area (TPSA) is 149 Å². The number of nitrogens with one attached hydrogen (secondary N) is 4. The summed E-state index contributed by atoms with van der Waals surface area (Å²) in [6.07, 6.45) is 6.88. The highest BCUT2D eigenvalue weighted by atomic mass is 32.2. The van der Waals surface area contributed by atoms with E-state index in [4.69, 9.17) is 4.74 Å². The first-order chi connectivity index (χ1) is 20.7. The zero-order chi connectivity index (χ0) is 30.9. The molecule has 2 amide bonds. The number of anilines is 2. The van der Waals surface area contributed by atoms with Crippen molar-refractivity contribution in [1.29, 1.82) is 0 Å². The molecule has 43 heavy (non-hydrogen) atoms. The van der Waals surface area contributed by atoms with Crippen LogP contribution in [0.1, 0.15) is 51.0 Å². The molecule has 0 heterocycles. The lowest BCUT2D eigenvalue weighted by atomic mass is 10.1. The molecule has 6 N–H and O–H groups in total. The summed E-state index contributed by atoms with van der Waals surface area (Å²) in [6.45, 7) is 3.89. The van der Waals surface area contributed by atoms with Crippen LogP contribution in [0.25, 0.3) is 0 Å². The van der Waals surface area contributed by atoms with Crippen LogP contribution < -0.4 is 25.4 Å². The zero-order valence-electron chi connectivity index (χ0n) is 24.7. The minimum absolute atomic E-state index is 0.0896. The number of hydrogen-bond donors (Lipinski definition) is 6. The van der Waals surface area contributed by atoms with Crippen LogP contribution in [-0.2, 0) is 16.4 Å². The number of ether oxygens (including phenoxy) is 1. The first-order valence-electron chi connectivity index (χ1n) is 14.8. The molecule has 1 atom stereocenters. The minimum Gasteiger partial charge on any atom is -0.508 e. The number of benzene rings is 3. The number of aliphatic hydroxyl groups excluding tert-OH is 1. The lowest BCUT2D eigenvalue weighted by molar-refractivity contribution is 0.106. The Morgan fingerprint density at radius 2 is 1.49 bits per heavy atom. The third-order valence-corrected chi connectivity index (χ3v) is 8.09. The molecule has 0 spiro atoms. The number of carbonyl (C=O) groups excluding carboxylic acids is 1. The number of unbranched alkanes of at least 4 members (excludes halogenated alkanes) is 5. The Kier molecular flexibility index (Phi) is 14.1. The maximum atomic E-state index is 12.9. The van der Waals surface area contributed by atoms with Crippen LogP contribution >= 0.6 is 0 Å². The maximum absolute atomic E-state index is 12.9. The summed E-state index contributed by atoms with van der Waals surface area (Å²) in [5.74, 6) is 0.722. The van der Waals surface area contributed by atoms with Crippen LogP contribution in [0, 0.1) is 0 Å². The summed E-state index contributed by atoms with van der Waals surface area (Å²) in [5, 5.41) is 28.1. The first-order valence-corrected chi connectivity index (χ1v) is 16.3. The van der Waals surface area contributed by atoms with E-state index < -0.39 is 16.1 Å². The number of sulfonamides is 1. The molecule has 10 nitrogen and oxygen atoms in total. The molecule has 3 aromatic rings. The molecule has 0 saturated carbocycles. The average molecular weight is 613 g/mol. The Balaban J connectivity index is 1.35. The maximum Gasteiger partial charge on any atom is 0.319 e. The van der Waals surface area contributed by atoms with Crippen molar-refractivity contribution < 1.29 is 28.2 Å². The van der Waals surface area contributed by atoms with Gasteiger partial charge >= 0.3 is 6.03 Å². The van der Waals surface area contributed by atoms with Crippen LogP contribution in [0.5, 0.6) is 11.5 Å². The summed E-state index contributed by atoms with van der Waals surface area (Å²) in [4.78, 5) is 12.2. The molecule has 0 radical (unpaired) electrons. The number of amides is 2. The third-order valence-electron chi connectivity index (χ3n) is 6.69. The van der Waals surface area contributed by atoms with E-state index in [1.807, 2.05) is 12.1 Å². The quantitative estimate of drug-likeness (QED) is 0.101. The lowest BCUT2D eigenvalue weighted by Crippen LogP contribution is -2.32. The van der Waals surface area contributed by atoms with Crippen molar-refractivity contribution in [3.8, 4) is 11.5 Å². The van der Waals surface area contributed by atoms with Crippen LogP contribution in [0.4, 0.5) is 16.2 Å². The van der Waals surface area contributed by atoms with Gasteiger partial charge in [-0.25, -0.2) is 13.2 Å². The van der Waals surface area contributed by atoms with E-state index in [0.717, 1.165) is 18.4 Å². The van der Waals surface area contributed by atoms with Gasteiger partial charge in [-0.2, -0.15) is 0 Å². The van der Waals surface area contributed by atoms with Crippen molar-refractivity contribution in [3.05, 3.63) is 78.4 Å².